The molecule has 1 aliphatic carbocycles. The fourth-order valence-electron chi connectivity index (χ4n) is 2.41. The fraction of sp³-hybridized carbons (Fsp3) is 0.438. The molecule has 0 saturated heterocycles. The molecule has 0 aliphatic heterocycles. The average Bonchev–Trinajstić information content (AvgIpc) is 2.41. The first-order valence-electron chi connectivity index (χ1n) is 6.92. The standard InChI is InChI=1S/C16H19BrO3/c1-11-2-6-13(7-3-11)20-15-8-4-12(10-14(15)17)5-9-16(18)19/h4-5,8-11,13H,2-3,6-7H2,1H3,(H,18,19). The minimum Gasteiger partial charge on any atom is -0.489 e. The van der Waals surface area contributed by atoms with E-state index in [1.807, 2.05) is 18.2 Å². The van der Waals surface area contributed by atoms with Gasteiger partial charge in [0.15, 0.2) is 0 Å². The molecule has 0 amide bonds. The Balaban J connectivity index is 2.00. The molecule has 1 N–H and O–H groups in total. The SMILES string of the molecule is CC1CCC(Oc2ccc(C=CC(=O)O)cc2Br)CC1. The highest BCUT2D eigenvalue weighted by atomic mass is 79.9. The normalized spacial score (nSPS) is 22.9. The lowest BCUT2D eigenvalue weighted by Crippen LogP contribution is -2.23. The molecule has 1 aromatic rings. The monoisotopic (exact) mass is 338 g/mol. The van der Waals surface area contributed by atoms with Gasteiger partial charge < -0.3 is 9.84 Å². The second-order valence-corrected chi connectivity index (χ2v) is 6.22. The van der Waals surface area contributed by atoms with Crippen molar-refractivity contribution in [3.8, 4) is 5.75 Å². The number of ether oxygens (including phenoxy) is 1. The smallest absolute Gasteiger partial charge is 0.328 e. The Morgan fingerprint density at radius 3 is 2.65 bits per heavy atom. The molecule has 1 aromatic carbocycles. The molecule has 0 bridgehead atoms. The van der Waals surface area contributed by atoms with Gasteiger partial charge in [0, 0.05) is 6.08 Å². The van der Waals surface area contributed by atoms with E-state index in [1.165, 1.54) is 12.8 Å². The van der Waals surface area contributed by atoms with E-state index in [9.17, 15) is 4.79 Å². The van der Waals surface area contributed by atoms with Crippen molar-refractivity contribution in [1.29, 1.82) is 0 Å². The highest BCUT2D eigenvalue weighted by Gasteiger charge is 2.20. The number of hydrogen-bond donors (Lipinski definition) is 1. The highest BCUT2D eigenvalue weighted by molar-refractivity contribution is 9.10. The van der Waals surface area contributed by atoms with Crippen LogP contribution in [0, 0.1) is 5.92 Å². The number of carboxylic acids is 1. The molecule has 0 radical (unpaired) electrons. The van der Waals surface area contributed by atoms with Crippen LogP contribution in [-0.2, 0) is 4.79 Å². The predicted molar refractivity (Wildman–Crippen MR) is 82.9 cm³/mol. The topological polar surface area (TPSA) is 46.5 Å². The summed E-state index contributed by atoms with van der Waals surface area (Å²) in [5, 5.41) is 8.61. The predicted octanol–water partition coefficient (Wildman–Crippen LogP) is 4.50. The van der Waals surface area contributed by atoms with Crippen molar-refractivity contribution in [2.75, 3.05) is 0 Å². The molecule has 108 valence electrons. The van der Waals surface area contributed by atoms with Crippen LogP contribution in [0.4, 0.5) is 0 Å². The van der Waals surface area contributed by atoms with E-state index in [-0.39, 0.29) is 0 Å². The zero-order valence-corrected chi connectivity index (χ0v) is 13.1. The molecule has 20 heavy (non-hydrogen) atoms. The van der Waals surface area contributed by atoms with E-state index in [4.69, 9.17) is 9.84 Å². The van der Waals surface area contributed by atoms with Gasteiger partial charge in [-0.1, -0.05) is 13.0 Å². The lowest BCUT2D eigenvalue weighted by Gasteiger charge is -2.27. The van der Waals surface area contributed by atoms with E-state index in [2.05, 4.69) is 22.9 Å². The molecule has 3 nitrogen and oxygen atoms in total. The van der Waals surface area contributed by atoms with Crippen molar-refractivity contribution < 1.29 is 14.6 Å². The molecule has 0 unspecified atom stereocenters. The first kappa shape index (κ1) is 15.1. The lowest BCUT2D eigenvalue weighted by molar-refractivity contribution is -0.131. The van der Waals surface area contributed by atoms with Crippen LogP contribution in [0.2, 0.25) is 0 Å². The van der Waals surface area contributed by atoms with Crippen LogP contribution in [0.5, 0.6) is 5.75 Å². The largest absolute Gasteiger partial charge is 0.489 e. The van der Waals surface area contributed by atoms with E-state index >= 15 is 0 Å². The van der Waals surface area contributed by atoms with Gasteiger partial charge in [-0.25, -0.2) is 4.79 Å². The van der Waals surface area contributed by atoms with Gasteiger partial charge in [0.25, 0.3) is 0 Å². The van der Waals surface area contributed by atoms with Crippen LogP contribution in [0.1, 0.15) is 38.2 Å². The summed E-state index contributed by atoms with van der Waals surface area (Å²) in [7, 11) is 0. The van der Waals surface area contributed by atoms with E-state index in [0.717, 1.165) is 40.6 Å². The van der Waals surface area contributed by atoms with Gasteiger partial charge in [-0.3, -0.25) is 0 Å². The van der Waals surface area contributed by atoms with Crippen LogP contribution >= 0.6 is 15.9 Å². The Labute approximate surface area is 127 Å². The summed E-state index contributed by atoms with van der Waals surface area (Å²) in [6.45, 7) is 2.29. The quantitative estimate of drug-likeness (QED) is 0.822. The van der Waals surface area contributed by atoms with Crippen LogP contribution < -0.4 is 4.74 Å². The van der Waals surface area contributed by atoms with Crippen molar-refractivity contribution >= 4 is 28.0 Å². The minimum atomic E-state index is -0.947. The summed E-state index contributed by atoms with van der Waals surface area (Å²) >= 11 is 3.49. The summed E-state index contributed by atoms with van der Waals surface area (Å²) in [6.07, 6.45) is 7.65. The zero-order valence-electron chi connectivity index (χ0n) is 11.5. The van der Waals surface area contributed by atoms with E-state index in [1.54, 1.807) is 6.08 Å². The van der Waals surface area contributed by atoms with Crippen LogP contribution in [0.15, 0.2) is 28.7 Å². The Bertz CT molecular complexity index is 502. The van der Waals surface area contributed by atoms with Crippen molar-refractivity contribution in [3.63, 3.8) is 0 Å². The van der Waals surface area contributed by atoms with Gasteiger partial charge in [0.05, 0.1) is 10.6 Å². The second kappa shape index (κ2) is 6.93. The van der Waals surface area contributed by atoms with Gasteiger partial charge in [-0.05, 0) is 71.3 Å². The number of carboxylic acid groups (broad SMARTS) is 1. The third-order valence-electron chi connectivity index (χ3n) is 3.63. The van der Waals surface area contributed by atoms with Gasteiger partial charge in [0.2, 0.25) is 0 Å². The Morgan fingerprint density at radius 1 is 1.35 bits per heavy atom. The van der Waals surface area contributed by atoms with Gasteiger partial charge in [0.1, 0.15) is 5.75 Å². The first-order valence-corrected chi connectivity index (χ1v) is 7.71. The number of halogens is 1. The molecular formula is C16H19BrO3. The van der Waals surface area contributed by atoms with Gasteiger partial charge in [-0.15, -0.1) is 0 Å². The van der Waals surface area contributed by atoms with Crippen molar-refractivity contribution in [2.45, 2.75) is 38.7 Å². The van der Waals surface area contributed by atoms with Crippen molar-refractivity contribution in [3.05, 3.63) is 34.3 Å². The summed E-state index contributed by atoms with van der Waals surface area (Å²) in [6, 6.07) is 5.63. The Hall–Kier alpha value is -1.29. The molecule has 2 rings (SSSR count). The van der Waals surface area contributed by atoms with E-state index < -0.39 is 5.97 Å². The van der Waals surface area contributed by atoms with Crippen molar-refractivity contribution in [1.82, 2.24) is 0 Å². The maximum atomic E-state index is 10.5. The molecule has 4 heteroatoms. The second-order valence-electron chi connectivity index (χ2n) is 5.36. The molecule has 1 fully saturated rings. The Kier molecular flexibility index (Phi) is 5.24. The number of benzene rings is 1. The highest BCUT2D eigenvalue weighted by Crippen LogP contribution is 2.32. The van der Waals surface area contributed by atoms with Gasteiger partial charge in [-0.2, -0.15) is 0 Å². The Morgan fingerprint density at radius 2 is 2.05 bits per heavy atom. The van der Waals surface area contributed by atoms with E-state index in [0.29, 0.717) is 6.10 Å². The lowest BCUT2D eigenvalue weighted by atomic mass is 9.89. The van der Waals surface area contributed by atoms with Crippen LogP contribution in [0.25, 0.3) is 6.08 Å². The van der Waals surface area contributed by atoms with Crippen molar-refractivity contribution in [2.24, 2.45) is 5.92 Å². The summed E-state index contributed by atoms with van der Waals surface area (Å²) in [4.78, 5) is 10.5. The third-order valence-corrected chi connectivity index (χ3v) is 4.25. The maximum absolute atomic E-state index is 10.5. The summed E-state index contributed by atoms with van der Waals surface area (Å²) in [5.41, 5.74) is 0.837. The number of rotatable bonds is 4. The average molecular weight is 339 g/mol. The molecule has 1 saturated carbocycles. The summed E-state index contributed by atoms with van der Waals surface area (Å²) < 4.78 is 6.89. The maximum Gasteiger partial charge on any atom is 0.328 e. The van der Waals surface area contributed by atoms with Crippen LogP contribution in [-0.4, -0.2) is 17.2 Å². The molecule has 0 atom stereocenters. The molecule has 1 aliphatic rings. The third kappa shape index (κ3) is 4.37. The van der Waals surface area contributed by atoms with Crippen LogP contribution in [0.3, 0.4) is 0 Å². The zero-order chi connectivity index (χ0) is 14.5. The number of carbonyl (C=O) groups is 1. The number of aliphatic carboxylic acids is 1. The van der Waals surface area contributed by atoms with Gasteiger partial charge >= 0.3 is 5.97 Å². The first-order chi connectivity index (χ1) is 9.54. The molecule has 0 heterocycles. The molecular weight excluding hydrogens is 320 g/mol. The summed E-state index contributed by atoms with van der Waals surface area (Å²) in [5.74, 6) is 0.691. The molecule has 0 spiro atoms. The number of hydrogen-bond acceptors (Lipinski definition) is 2. The molecule has 0 aromatic heterocycles. The minimum absolute atomic E-state index is 0.294. The fourth-order valence-corrected chi connectivity index (χ4v) is 2.90.